The van der Waals surface area contributed by atoms with E-state index < -0.39 is 0 Å². The van der Waals surface area contributed by atoms with Crippen LogP contribution in [0, 0.1) is 0 Å². The highest BCUT2D eigenvalue weighted by Gasteiger charge is 1.96. The topological polar surface area (TPSA) is 21.3 Å². The van der Waals surface area contributed by atoms with Gasteiger partial charge in [0.1, 0.15) is 0 Å². The highest BCUT2D eigenvalue weighted by Crippen LogP contribution is 2.06. The molecule has 0 aliphatic carbocycles. The Morgan fingerprint density at radius 1 is 1.12 bits per heavy atom. The van der Waals surface area contributed by atoms with Crippen LogP contribution in [0.4, 0.5) is 0 Å². The maximum absolute atomic E-state index is 5.36. The minimum absolute atomic E-state index is 0.567. The molecule has 0 fully saturated rings. The summed E-state index contributed by atoms with van der Waals surface area (Å²) < 4.78 is 5.36. The summed E-state index contributed by atoms with van der Waals surface area (Å²) in [5.41, 5.74) is 2.64. The predicted octanol–water partition coefficient (Wildman–Crippen LogP) is 2.76. The Bertz CT molecular complexity index is 279. The Labute approximate surface area is 99.0 Å². The van der Waals surface area contributed by atoms with Gasteiger partial charge in [0.25, 0.3) is 0 Å². The average molecular weight is 221 g/mol. The van der Waals surface area contributed by atoms with Gasteiger partial charge in [-0.1, -0.05) is 38.1 Å². The summed E-state index contributed by atoms with van der Waals surface area (Å²) in [6, 6.07) is 9.25. The van der Waals surface area contributed by atoms with Crippen LogP contribution < -0.4 is 5.32 Å². The van der Waals surface area contributed by atoms with Crippen molar-refractivity contribution < 1.29 is 4.74 Å². The molecule has 0 spiro atoms. The van der Waals surface area contributed by atoms with E-state index in [9.17, 15) is 0 Å². The third-order valence-electron chi connectivity index (χ3n) is 2.46. The van der Waals surface area contributed by atoms with Gasteiger partial charge >= 0.3 is 0 Å². The van der Waals surface area contributed by atoms with E-state index in [2.05, 4.69) is 43.4 Å². The van der Waals surface area contributed by atoms with Gasteiger partial charge in [0.05, 0.1) is 6.61 Å². The Morgan fingerprint density at radius 3 is 2.31 bits per heavy atom. The Morgan fingerprint density at radius 2 is 1.75 bits per heavy atom. The molecule has 16 heavy (non-hydrogen) atoms. The first-order chi connectivity index (χ1) is 7.72. The van der Waals surface area contributed by atoms with E-state index in [0.717, 1.165) is 26.2 Å². The molecule has 90 valence electrons. The van der Waals surface area contributed by atoms with Crippen molar-refractivity contribution in [3.05, 3.63) is 35.4 Å². The van der Waals surface area contributed by atoms with Crippen LogP contribution in [0.25, 0.3) is 0 Å². The van der Waals surface area contributed by atoms with Crippen molar-refractivity contribution >= 4 is 0 Å². The number of hydrogen-bond acceptors (Lipinski definition) is 2. The van der Waals surface area contributed by atoms with E-state index in [4.69, 9.17) is 4.74 Å². The van der Waals surface area contributed by atoms with Crippen molar-refractivity contribution in [2.75, 3.05) is 13.2 Å². The SMILES string of the molecule is CCOCc1ccc(CCNC(C)C)cc1. The van der Waals surface area contributed by atoms with Crippen LogP contribution in [0.15, 0.2) is 24.3 Å². The normalized spacial score (nSPS) is 11.0. The summed E-state index contributed by atoms with van der Waals surface area (Å²) in [4.78, 5) is 0. The number of nitrogens with one attached hydrogen (secondary N) is 1. The molecule has 1 N–H and O–H groups in total. The summed E-state index contributed by atoms with van der Waals surface area (Å²) in [5.74, 6) is 0. The second kappa shape index (κ2) is 7.42. The lowest BCUT2D eigenvalue weighted by molar-refractivity contribution is 0.134. The number of benzene rings is 1. The zero-order valence-electron chi connectivity index (χ0n) is 10.6. The molecule has 0 unspecified atom stereocenters. The first-order valence-electron chi connectivity index (χ1n) is 6.11. The van der Waals surface area contributed by atoms with Crippen LogP contribution in [0.1, 0.15) is 31.9 Å². The third kappa shape index (κ3) is 5.29. The molecule has 0 atom stereocenters. The van der Waals surface area contributed by atoms with Crippen molar-refractivity contribution in [3.8, 4) is 0 Å². The molecule has 0 radical (unpaired) electrons. The Kier molecular flexibility index (Phi) is 6.12. The largest absolute Gasteiger partial charge is 0.377 e. The van der Waals surface area contributed by atoms with Gasteiger partial charge in [0.15, 0.2) is 0 Å². The molecular formula is C14H23NO. The molecule has 1 rings (SSSR count). The molecule has 0 bridgehead atoms. The fourth-order valence-corrected chi connectivity index (χ4v) is 1.53. The average Bonchev–Trinajstić information content (AvgIpc) is 2.27. The lowest BCUT2D eigenvalue weighted by Crippen LogP contribution is -2.24. The lowest BCUT2D eigenvalue weighted by atomic mass is 10.1. The molecular weight excluding hydrogens is 198 g/mol. The van der Waals surface area contributed by atoms with Crippen LogP contribution in [0.2, 0.25) is 0 Å². The van der Waals surface area contributed by atoms with Gasteiger partial charge in [-0.15, -0.1) is 0 Å². The fourth-order valence-electron chi connectivity index (χ4n) is 1.53. The van der Waals surface area contributed by atoms with Gasteiger partial charge in [0, 0.05) is 12.6 Å². The Balaban J connectivity index is 2.33. The zero-order valence-corrected chi connectivity index (χ0v) is 10.6. The van der Waals surface area contributed by atoms with Gasteiger partial charge < -0.3 is 10.1 Å². The first kappa shape index (κ1) is 13.2. The van der Waals surface area contributed by atoms with Crippen molar-refractivity contribution in [3.63, 3.8) is 0 Å². The second-order valence-electron chi connectivity index (χ2n) is 4.31. The van der Waals surface area contributed by atoms with E-state index in [-0.39, 0.29) is 0 Å². The maximum Gasteiger partial charge on any atom is 0.0716 e. The summed E-state index contributed by atoms with van der Waals surface area (Å²) in [6.07, 6.45) is 1.09. The van der Waals surface area contributed by atoms with E-state index in [1.807, 2.05) is 6.92 Å². The molecule has 1 aromatic rings. The summed E-state index contributed by atoms with van der Waals surface area (Å²) in [5, 5.41) is 3.42. The van der Waals surface area contributed by atoms with Crippen molar-refractivity contribution in [2.45, 2.75) is 39.8 Å². The number of ether oxygens (including phenoxy) is 1. The monoisotopic (exact) mass is 221 g/mol. The standard InChI is InChI=1S/C14H23NO/c1-4-16-11-14-7-5-13(6-8-14)9-10-15-12(2)3/h5-8,12,15H,4,9-11H2,1-3H3. The van der Waals surface area contributed by atoms with Crippen LogP contribution in [0.3, 0.4) is 0 Å². The smallest absolute Gasteiger partial charge is 0.0716 e. The van der Waals surface area contributed by atoms with Gasteiger partial charge in [-0.25, -0.2) is 0 Å². The van der Waals surface area contributed by atoms with Crippen molar-refractivity contribution in [1.82, 2.24) is 5.32 Å². The van der Waals surface area contributed by atoms with E-state index in [0.29, 0.717) is 6.04 Å². The number of hydrogen-bond donors (Lipinski definition) is 1. The maximum atomic E-state index is 5.36. The summed E-state index contributed by atoms with van der Waals surface area (Å²) >= 11 is 0. The van der Waals surface area contributed by atoms with Crippen LogP contribution in [0.5, 0.6) is 0 Å². The molecule has 0 saturated carbocycles. The first-order valence-corrected chi connectivity index (χ1v) is 6.11. The van der Waals surface area contributed by atoms with Crippen LogP contribution >= 0.6 is 0 Å². The minimum atomic E-state index is 0.567. The predicted molar refractivity (Wildman–Crippen MR) is 68.6 cm³/mol. The molecule has 0 aliphatic heterocycles. The quantitative estimate of drug-likeness (QED) is 0.764. The highest BCUT2D eigenvalue weighted by atomic mass is 16.5. The molecule has 0 aromatic heterocycles. The summed E-state index contributed by atoms with van der Waals surface area (Å²) in [7, 11) is 0. The van der Waals surface area contributed by atoms with Gasteiger partial charge in [-0.05, 0) is 31.0 Å². The number of rotatable bonds is 7. The highest BCUT2D eigenvalue weighted by molar-refractivity contribution is 5.22. The van der Waals surface area contributed by atoms with E-state index in [1.54, 1.807) is 0 Å². The van der Waals surface area contributed by atoms with Crippen molar-refractivity contribution in [1.29, 1.82) is 0 Å². The van der Waals surface area contributed by atoms with E-state index in [1.165, 1.54) is 11.1 Å². The fraction of sp³-hybridized carbons (Fsp3) is 0.571. The third-order valence-corrected chi connectivity index (χ3v) is 2.46. The van der Waals surface area contributed by atoms with Crippen molar-refractivity contribution in [2.24, 2.45) is 0 Å². The molecule has 2 heteroatoms. The molecule has 0 aliphatic rings. The molecule has 2 nitrogen and oxygen atoms in total. The Hall–Kier alpha value is -0.860. The molecule has 0 saturated heterocycles. The zero-order chi connectivity index (χ0) is 11.8. The second-order valence-corrected chi connectivity index (χ2v) is 4.31. The van der Waals surface area contributed by atoms with Crippen LogP contribution in [-0.2, 0) is 17.8 Å². The summed E-state index contributed by atoms with van der Waals surface area (Å²) in [6.45, 7) is 8.91. The van der Waals surface area contributed by atoms with E-state index >= 15 is 0 Å². The van der Waals surface area contributed by atoms with Gasteiger partial charge in [0.2, 0.25) is 0 Å². The molecule has 0 heterocycles. The van der Waals surface area contributed by atoms with Gasteiger partial charge in [-0.3, -0.25) is 0 Å². The molecule has 0 amide bonds. The van der Waals surface area contributed by atoms with Gasteiger partial charge in [-0.2, -0.15) is 0 Å². The lowest BCUT2D eigenvalue weighted by Gasteiger charge is -2.08. The minimum Gasteiger partial charge on any atom is -0.377 e. The molecule has 1 aromatic carbocycles. The van der Waals surface area contributed by atoms with Crippen LogP contribution in [-0.4, -0.2) is 19.2 Å².